The van der Waals surface area contributed by atoms with Gasteiger partial charge in [-0.15, -0.1) is 11.8 Å². The van der Waals surface area contributed by atoms with E-state index in [1.807, 2.05) is 0 Å². The number of ether oxygens (including phenoxy) is 1. The van der Waals surface area contributed by atoms with Crippen LogP contribution in [0.4, 0.5) is 0 Å². The highest BCUT2D eigenvalue weighted by Gasteiger charge is 2.43. The minimum absolute atomic E-state index is 0.0652. The first-order chi connectivity index (χ1) is 10.3. The van der Waals surface area contributed by atoms with Crippen molar-refractivity contribution >= 4 is 17.7 Å². The summed E-state index contributed by atoms with van der Waals surface area (Å²) in [6.45, 7) is 2.64. The van der Waals surface area contributed by atoms with Gasteiger partial charge in [0, 0.05) is 6.92 Å². The van der Waals surface area contributed by atoms with Crippen molar-refractivity contribution in [3.63, 3.8) is 0 Å². The van der Waals surface area contributed by atoms with Crippen LogP contribution >= 0.6 is 11.8 Å². The average Bonchev–Trinajstić information content (AvgIpc) is 2.49. The summed E-state index contributed by atoms with van der Waals surface area (Å²) in [6, 6.07) is -0.646. The summed E-state index contributed by atoms with van der Waals surface area (Å²) in [5, 5.41) is 50.3. The molecule has 0 aromatic rings. The Morgan fingerprint density at radius 1 is 1.27 bits per heavy atom. The molecule has 1 aliphatic rings. The van der Waals surface area contributed by atoms with E-state index in [4.69, 9.17) is 4.74 Å². The Bertz CT molecular complexity index is 357. The van der Waals surface area contributed by atoms with Gasteiger partial charge in [0.25, 0.3) is 0 Å². The smallest absolute Gasteiger partial charge is 0.217 e. The quantitative estimate of drug-likeness (QED) is 0.307. The summed E-state index contributed by atoms with van der Waals surface area (Å²) in [5.41, 5.74) is -0.879. The molecule has 0 aromatic carbocycles. The number of thioether (sulfide) groups is 1. The van der Waals surface area contributed by atoms with Gasteiger partial charge in [-0.3, -0.25) is 4.79 Å². The average molecular weight is 339 g/mol. The van der Waals surface area contributed by atoms with Gasteiger partial charge < -0.3 is 35.6 Å². The van der Waals surface area contributed by atoms with Gasteiger partial charge >= 0.3 is 0 Å². The van der Waals surface area contributed by atoms with E-state index in [1.165, 1.54) is 6.92 Å². The predicted molar refractivity (Wildman–Crippen MR) is 80.1 cm³/mol. The van der Waals surface area contributed by atoms with Crippen LogP contribution in [0.5, 0.6) is 0 Å². The number of amides is 1. The fraction of sp³-hybridized carbons (Fsp3) is 0.923. The molecule has 22 heavy (non-hydrogen) atoms. The number of aliphatic hydroxyl groups excluding tert-OH is 5. The summed E-state index contributed by atoms with van der Waals surface area (Å²) in [6.07, 6.45) is -4.41. The van der Waals surface area contributed by atoms with Crippen LogP contribution in [0.1, 0.15) is 20.3 Å². The fourth-order valence-electron chi connectivity index (χ4n) is 2.20. The summed E-state index contributed by atoms with van der Waals surface area (Å²) < 4.78 is 5.49. The third-order valence-corrected chi connectivity index (χ3v) is 5.02. The molecule has 0 aliphatic carbocycles. The Labute approximate surface area is 133 Å². The molecule has 6 N–H and O–H groups in total. The van der Waals surface area contributed by atoms with Gasteiger partial charge in [0.1, 0.15) is 17.6 Å². The van der Waals surface area contributed by atoms with Gasteiger partial charge in [-0.1, -0.05) is 6.92 Å². The van der Waals surface area contributed by atoms with Crippen molar-refractivity contribution in [3.8, 4) is 0 Å². The zero-order chi connectivity index (χ0) is 16.9. The molecule has 9 heteroatoms. The van der Waals surface area contributed by atoms with Gasteiger partial charge in [0.15, 0.2) is 0 Å². The fourth-order valence-corrected chi connectivity index (χ4v) is 3.43. The molecule has 0 radical (unpaired) electrons. The monoisotopic (exact) mass is 339 g/mol. The highest BCUT2D eigenvalue weighted by atomic mass is 32.2. The van der Waals surface area contributed by atoms with Crippen molar-refractivity contribution in [3.05, 3.63) is 0 Å². The minimum Gasteiger partial charge on any atom is -0.395 e. The van der Waals surface area contributed by atoms with E-state index in [0.29, 0.717) is 6.42 Å². The van der Waals surface area contributed by atoms with Crippen molar-refractivity contribution in [1.82, 2.24) is 5.32 Å². The summed E-state index contributed by atoms with van der Waals surface area (Å²) >= 11 is 1.01. The van der Waals surface area contributed by atoms with E-state index in [2.05, 4.69) is 5.32 Å². The van der Waals surface area contributed by atoms with Crippen molar-refractivity contribution in [2.24, 2.45) is 0 Å². The Balaban J connectivity index is 2.64. The van der Waals surface area contributed by atoms with E-state index in [0.717, 1.165) is 11.8 Å². The first-order valence-electron chi connectivity index (χ1n) is 7.19. The molecule has 0 spiro atoms. The molecule has 0 bridgehead atoms. The van der Waals surface area contributed by atoms with Crippen molar-refractivity contribution in [2.75, 3.05) is 13.2 Å². The largest absolute Gasteiger partial charge is 0.395 e. The number of rotatable bonds is 7. The van der Waals surface area contributed by atoms with E-state index in [-0.39, 0.29) is 19.1 Å². The number of nitrogens with one attached hydrogen (secondary N) is 1. The zero-order valence-corrected chi connectivity index (χ0v) is 13.4. The van der Waals surface area contributed by atoms with E-state index in [9.17, 15) is 30.3 Å². The second-order valence-electron chi connectivity index (χ2n) is 5.31. The van der Waals surface area contributed by atoms with Crippen molar-refractivity contribution in [1.29, 1.82) is 0 Å². The van der Waals surface area contributed by atoms with Crippen molar-refractivity contribution < 1.29 is 35.1 Å². The number of aliphatic hydroxyl groups is 5. The van der Waals surface area contributed by atoms with Crippen LogP contribution in [-0.2, 0) is 9.53 Å². The molecule has 4 unspecified atom stereocenters. The van der Waals surface area contributed by atoms with Crippen LogP contribution in [0.2, 0.25) is 0 Å². The number of hydrogen-bond acceptors (Lipinski definition) is 8. The molecule has 0 saturated carbocycles. The van der Waals surface area contributed by atoms with E-state index < -0.39 is 41.1 Å². The normalized spacial score (nSPS) is 35.0. The van der Waals surface area contributed by atoms with Crippen LogP contribution in [0.15, 0.2) is 0 Å². The highest BCUT2D eigenvalue weighted by Crippen LogP contribution is 2.33. The van der Waals surface area contributed by atoms with Crippen LogP contribution < -0.4 is 5.32 Å². The summed E-state index contributed by atoms with van der Waals surface area (Å²) in [4.78, 5) is 11.1. The first-order valence-corrected chi connectivity index (χ1v) is 8.13. The molecule has 1 heterocycles. The number of carbonyl (C=O) groups is 1. The lowest BCUT2D eigenvalue weighted by atomic mass is 10.0. The predicted octanol–water partition coefficient (Wildman–Crippen LogP) is -2.20. The van der Waals surface area contributed by atoms with Crippen molar-refractivity contribution in [2.45, 2.75) is 61.4 Å². The lowest BCUT2D eigenvalue weighted by molar-refractivity contribution is -0.124. The van der Waals surface area contributed by atoms with Gasteiger partial charge in [0.05, 0.1) is 36.7 Å². The zero-order valence-electron chi connectivity index (χ0n) is 12.6. The van der Waals surface area contributed by atoms with Gasteiger partial charge in [0.2, 0.25) is 5.91 Å². The summed E-state index contributed by atoms with van der Waals surface area (Å²) in [7, 11) is 0. The Morgan fingerprint density at radius 2 is 1.91 bits per heavy atom. The lowest BCUT2D eigenvalue weighted by Crippen LogP contribution is -2.55. The number of carbonyl (C=O) groups excluding carboxylic acids is 1. The maximum atomic E-state index is 11.1. The maximum Gasteiger partial charge on any atom is 0.217 e. The standard InChI is InChI=1S/C13H25NO7S/c1-3-8(17)7(14-6(2)16)5-21-13-12(20)11(19)10(18)9(4-15)22-13/h7-13,15,17-20H,3-5H2,1-2H3,(H,14,16)/t7?,8-,9?,10+,11?,12?,13+/m1/s1. The first kappa shape index (κ1) is 19.6. The summed E-state index contributed by atoms with van der Waals surface area (Å²) in [5.74, 6) is -0.318. The number of hydrogen-bond donors (Lipinski definition) is 6. The molecule has 0 aromatic heterocycles. The third kappa shape index (κ3) is 5.05. The lowest BCUT2D eigenvalue weighted by Gasteiger charge is -2.39. The Kier molecular flexibility index (Phi) is 8.04. The second-order valence-corrected chi connectivity index (χ2v) is 6.66. The molecular formula is C13H25NO7S. The van der Waals surface area contributed by atoms with Crippen LogP contribution in [-0.4, -0.2) is 85.8 Å². The molecule has 7 atom stereocenters. The van der Waals surface area contributed by atoms with E-state index >= 15 is 0 Å². The molecule has 1 amide bonds. The molecule has 1 rings (SSSR count). The third-order valence-electron chi connectivity index (χ3n) is 3.56. The molecule has 130 valence electrons. The molecule has 1 fully saturated rings. The Morgan fingerprint density at radius 3 is 2.41 bits per heavy atom. The topological polar surface area (TPSA) is 139 Å². The van der Waals surface area contributed by atoms with Gasteiger partial charge in [-0.05, 0) is 6.42 Å². The Hall–Kier alpha value is -0.420. The van der Waals surface area contributed by atoms with E-state index in [1.54, 1.807) is 6.92 Å². The molecule has 1 aliphatic heterocycles. The van der Waals surface area contributed by atoms with Gasteiger partial charge in [-0.25, -0.2) is 0 Å². The maximum absolute atomic E-state index is 11.1. The molecule has 8 nitrogen and oxygen atoms in total. The minimum atomic E-state index is -1.43. The highest BCUT2D eigenvalue weighted by molar-refractivity contribution is 8.00. The van der Waals surface area contributed by atoms with Crippen LogP contribution in [0.3, 0.4) is 0 Å². The SMILES string of the molecule is CC[C@@H](O)C(CO[C@H]1SC(CO)[C@H](O)C(O)C1O)NC(C)=O. The van der Waals surface area contributed by atoms with Crippen LogP contribution in [0.25, 0.3) is 0 Å². The van der Waals surface area contributed by atoms with Gasteiger partial charge in [-0.2, -0.15) is 0 Å². The molecule has 1 saturated heterocycles. The second kappa shape index (κ2) is 9.02. The van der Waals surface area contributed by atoms with Crippen LogP contribution in [0, 0.1) is 0 Å². The molecular weight excluding hydrogens is 314 g/mol.